The highest BCUT2D eigenvalue weighted by Crippen LogP contribution is 1.71. The molecule has 1 aromatic rings. The van der Waals surface area contributed by atoms with Crippen molar-refractivity contribution in [1.82, 2.24) is 9.97 Å². The molecule has 1 aromatic heterocycles. The first-order valence-electron chi connectivity index (χ1n) is 2.89. The third kappa shape index (κ3) is 8.42. The summed E-state index contributed by atoms with van der Waals surface area (Å²) in [5, 5.41) is 7.79. The van der Waals surface area contributed by atoms with Crippen molar-refractivity contribution in [3.8, 4) is 0 Å². The van der Waals surface area contributed by atoms with Gasteiger partial charge in [-0.3, -0.25) is 4.79 Å². The molecule has 0 atom stereocenters. The second-order valence-electron chi connectivity index (χ2n) is 1.50. The molecule has 0 aliphatic rings. The van der Waals surface area contributed by atoms with E-state index < -0.39 is 5.97 Å². The first-order valence-corrected chi connectivity index (χ1v) is 2.89. The fraction of sp³-hybridized carbons (Fsp3) is 0. The van der Waals surface area contributed by atoms with Crippen LogP contribution in [0.25, 0.3) is 0 Å². The number of rotatable bonds is 2. The molecule has 0 spiro atoms. The lowest BCUT2D eigenvalue weighted by atomic mass is 10.4. The second kappa shape index (κ2) is 6.54. The maximum atomic E-state index is 9.47. The monoisotopic (exact) mass is 153 g/mol. The minimum Gasteiger partial charge on any atom is -0.481 e. The smallest absolute Gasteiger partial charge is 0.311 e. The van der Waals surface area contributed by atoms with Crippen LogP contribution in [-0.2, 0) is 4.79 Å². The van der Waals surface area contributed by atoms with E-state index >= 15 is 0 Å². The van der Waals surface area contributed by atoms with Crippen molar-refractivity contribution in [2.75, 3.05) is 0 Å². The van der Waals surface area contributed by atoms with E-state index in [-0.39, 0.29) is 0 Å². The van der Waals surface area contributed by atoms with E-state index in [9.17, 15) is 4.79 Å². The number of carboxylic acid groups (broad SMARTS) is 1. The summed E-state index contributed by atoms with van der Waals surface area (Å²) >= 11 is 0. The zero-order valence-corrected chi connectivity index (χ0v) is 5.90. The Hall–Kier alpha value is -1.58. The van der Waals surface area contributed by atoms with Crippen LogP contribution in [0.1, 0.15) is 0 Å². The molecule has 0 unspecified atom stereocenters. The Kier molecular flexibility index (Phi) is 5.60. The molecule has 0 bridgehead atoms. The predicted molar refractivity (Wildman–Crippen MR) is 40.7 cm³/mol. The Morgan fingerprint density at radius 1 is 1.73 bits per heavy atom. The van der Waals surface area contributed by atoms with Gasteiger partial charge in [-0.05, 0) is 0 Å². The van der Waals surface area contributed by atoms with Crippen molar-refractivity contribution in [3.05, 3.63) is 37.8 Å². The molecule has 0 amide bonds. The highest BCUT2D eigenvalue weighted by atomic mass is 16.4. The predicted octanol–water partition coefficient (Wildman–Crippen LogP) is 0.871. The van der Waals surface area contributed by atoms with Crippen molar-refractivity contribution in [1.29, 1.82) is 0 Å². The minimum absolute atomic E-state index is 0.954. The molecule has 1 radical (unpaired) electrons. The topological polar surface area (TPSA) is 66.0 Å². The lowest BCUT2D eigenvalue weighted by Crippen LogP contribution is -1.89. The number of aliphatic carboxylic acids is 1. The molecule has 4 heteroatoms. The maximum Gasteiger partial charge on any atom is 0.311 e. The Balaban J connectivity index is 0.000000183. The Morgan fingerprint density at radius 2 is 2.45 bits per heavy atom. The van der Waals surface area contributed by atoms with Crippen molar-refractivity contribution < 1.29 is 9.90 Å². The molecule has 0 aromatic carbocycles. The molecule has 2 N–H and O–H groups in total. The molecule has 0 fully saturated rings. The van der Waals surface area contributed by atoms with Crippen molar-refractivity contribution >= 4 is 5.97 Å². The molecule has 0 aliphatic heterocycles. The molecular formula is C7H9N2O2. The van der Waals surface area contributed by atoms with Gasteiger partial charge in [-0.15, -0.1) is 6.58 Å². The van der Waals surface area contributed by atoms with Gasteiger partial charge in [0.05, 0.1) is 12.7 Å². The molecule has 1 heterocycles. The first-order chi connectivity index (χ1) is 5.27. The van der Waals surface area contributed by atoms with E-state index in [0.29, 0.717) is 0 Å². The summed E-state index contributed by atoms with van der Waals surface area (Å²) in [4.78, 5) is 15.9. The molecule has 0 saturated heterocycles. The lowest BCUT2D eigenvalue weighted by Gasteiger charge is -1.74. The summed E-state index contributed by atoms with van der Waals surface area (Å²) < 4.78 is 0. The van der Waals surface area contributed by atoms with E-state index in [1.807, 2.05) is 0 Å². The van der Waals surface area contributed by atoms with Gasteiger partial charge in [-0.1, -0.05) is 6.08 Å². The van der Waals surface area contributed by atoms with Crippen molar-refractivity contribution in [2.24, 2.45) is 0 Å². The number of carbonyl (C=O) groups is 1. The van der Waals surface area contributed by atoms with Crippen LogP contribution in [0.15, 0.2) is 31.4 Å². The highest BCUT2D eigenvalue weighted by molar-refractivity contribution is 5.78. The number of imidazole rings is 1. The Labute approximate surface area is 64.6 Å². The maximum absolute atomic E-state index is 9.47. The molecule has 4 nitrogen and oxygen atoms in total. The lowest BCUT2D eigenvalue weighted by molar-refractivity contribution is -0.132. The van der Waals surface area contributed by atoms with Crippen LogP contribution < -0.4 is 0 Å². The fourth-order valence-corrected chi connectivity index (χ4v) is 0.316. The van der Waals surface area contributed by atoms with Gasteiger partial charge in [0.1, 0.15) is 0 Å². The summed E-state index contributed by atoms with van der Waals surface area (Å²) in [5.74, 6) is -0.954. The second-order valence-corrected chi connectivity index (χ2v) is 1.50. The molecule has 11 heavy (non-hydrogen) atoms. The fourth-order valence-electron chi connectivity index (χ4n) is 0.316. The SMILES string of the molecule is C=C[CH]C(=O)O.c1c[nH]cn1. The normalized spacial score (nSPS) is 7.64. The van der Waals surface area contributed by atoms with Gasteiger partial charge in [0.2, 0.25) is 0 Å². The number of aromatic nitrogens is 2. The summed E-state index contributed by atoms with van der Waals surface area (Å²) in [6, 6.07) is 0. The molecule has 0 saturated carbocycles. The van der Waals surface area contributed by atoms with E-state index in [1.54, 1.807) is 18.7 Å². The number of nitrogens with one attached hydrogen (secondary N) is 1. The van der Waals surface area contributed by atoms with E-state index in [1.165, 1.54) is 6.08 Å². The largest absolute Gasteiger partial charge is 0.481 e. The summed E-state index contributed by atoms with van der Waals surface area (Å²) in [7, 11) is 0. The van der Waals surface area contributed by atoms with Crippen LogP contribution in [0.4, 0.5) is 0 Å². The highest BCUT2D eigenvalue weighted by Gasteiger charge is 1.85. The summed E-state index contributed by atoms with van der Waals surface area (Å²) in [5.41, 5.74) is 0. The average Bonchev–Trinajstić information content (AvgIpc) is 2.41. The number of nitrogens with zero attached hydrogens (tertiary/aromatic N) is 1. The van der Waals surface area contributed by atoms with Crippen LogP contribution in [0.5, 0.6) is 0 Å². The first kappa shape index (κ1) is 9.42. The molecule has 0 aliphatic carbocycles. The third-order valence-corrected chi connectivity index (χ3v) is 0.666. The van der Waals surface area contributed by atoms with Gasteiger partial charge in [0, 0.05) is 12.4 Å². The number of aromatic amines is 1. The van der Waals surface area contributed by atoms with Crippen molar-refractivity contribution in [3.63, 3.8) is 0 Å². The third-order valence-electron chi connectivity index (χ3n) is 0.666. The van der Waals surface area contributed by atoms with Crippen LogP contribution in [0.3, 0.4) is 0 Å². The zero-order valence-electron chi connectivity index (χ0n) is 5.90. The summed E-state index contributed by atoms with van der Waals surface area (Å²) in [6.45, 7) is 3.16. The number of H-pyrrole nitrogens is 1. The molecule has 1 rings (SSSR count). The number of carboxylic acids is 1. The van der Waals surface area contributed by atoms with Gasteiger partial charge in [-0.25, -0.2) is 4.98 Å². The molecular weight excluding hydrogens is 144 g/mol. The van der Waals surface area contributed by atoms with Gasteiger partial charge in [-0.2, -0.15) is 0 Å². The number of hydrogen-bond acceptors (Lipinski definition) is 2. The van der Waals surface area contributed by atoms with Crippen LogP contribution >= 0.6 is 0 Å². The summed E-state index contributed by atoms with van der Waals surface area (Å²) in [6.07, 6.45) is 7.28. The van der Waals surface area contributed by atoms with Crippen LogP contribution in [0, 0.1) is 6.42 Å². The van der Waals surface area contributed by atoms with Gasteiger partial charge < -0.3 is 10.1 Å². The minimum atomic E-state index is -0.954. The standard InChI is InChI=1S/C4H5O2.C3H4N2/c1-2-3-4(5)6;1-2-5-3-4-1/h2-3H,1H2,(H,5,6);1-3H,(H,4,5). The number of hydrogen-bond donors (Lipinski definition) is 2. The van der Waals surface area contributed by atoms with Gasteiger partial charge in [0.15, 0.2) is 0 Å². The average molecular weight is 153 g/mol. The van der Waals surface area contributed by atoms with Crippen LogP contribution in [-0.4, -0.2) is 21.0 Å². The van der Waals surface area contributed by atoms with E-state index in [0.717, 1.165) is 6.42 Å². The zero-order chi connectivity index (χ0) is 8.53. The van der Waals surface area contributed by atoms with Gasteiger partial charge in [0.25, 0.3) is 0 Å². The Bertz CT molecular complexity index is 177. The van der Waals surface area contributed by atoms with E-state index in [4.69, 9.17) is 5.11 Å². The van der Waals surface area contributed by atoms with E-state index in [2.05, 4.69) is 16.5 Å². The molecule has 59 valence electrons. The Morgan fingerprint density at radius 3 is 2.55 bits per heavy atom. The van der Waals surface area contributed by atoms with Crippen molar-refractivity contribution in [2.45, 2.75) is 0 Å². The quantitative estimate of drug-likeness (QED) is 0.662. The van der Waals surface area contributed by atoms with Crippen LogP contribution in [0.2, 0.25) is 0 Å². The van der Waals surface area contributed by atoms with Gasteiger partial charge >= 0.3 is 5.97 Å².